The highest BCUT2D eigenvalue weighted by Gasteiger charge is 2.07. The molecule has 1 N–H and O–H groups in total. The number of nitriles is 1. The van der Waals surface area contributed by atoms with Gasteiger partial charge in [0.1, 0.15) is 12.2 Å². The lowest BCUT2D eigenvalue weighted by atomic mass is 10.3. The Hall–Kier alpha value is -1.60. The number of rotatable bonds is 4. The van der Waals surface area contributed by atoms with Crippen LogP contribution in [-0.4, -0.2) is 24.7 Å². The summed E-state index contributed by atoms with van der Waals surface area (Å²) in [6.45, 7) is 2.67. The molecule has 0 aliphatic rings. The van der Waals surface area contributed by atoms with Gasteiger partial charge >= 0.3 is 0 Å². The van der Waals surface area contributed by atoms with Crippen LogP contribution in [0.2, 0.25) is 0 Å². The molecule has 4 heteroatoms. The van der Waals surface area contributed by atoms with Gasteiger partial charge in [-0.05, 0) is 26.1 Å². The monoisotopic (exact) mass is 191 g/mol. The summed E-state index contributed by atoms with van der Waals surface area (Å²) in [5, 5.41) is 11.7. The normalized spacial score (nSPS) is 11.8. The lowest BCUT2D eigenvalue weighted by Crippen LogP contribution is -2.26. The summed E-state index contributed by atoms with van der Waals surface area (Å²) in [6, 6.07) is 5.49. The number of hydrogen-bond acceptors (Lipinski definition) is 4. The molecule has 1 unspecified atom stereocenters. The Labute approximate surface area is 83.5 Å². The summed E-state index contributed by atoms with van der Waals surface area (Å²) >= 11 is 0. The van der Waals surface area contributed by atoms with Crippen LogP contribution in [0.4, 0.5) is 0 Å². The molecule has 14 heavy (non-hydrogen) atoms. The van der Waals surface area contributed by atoms with Crippen LogP contribution >= 0.6 is 0 Å². The Balaban J connectivity index is 2.71. The maximum atomic E-state index is 8.75. The molecule has 1 aromatic heterocycles. The third-order valence-electron chi connectivity index (χ3n) is 1.70. The van der Waals surface area contributed by atoms with Crippen LogP contribution in [0.15, 0.2) is 18.3 Å². The molecule has 0 amide bonds. The second-order valence-corrected chi connectivity index (χ2v) is 2.95. The van der Waals surface area contributed by atoms with Crippen molar-refractivity contribution < 1.29 is 4.74 Å². The molecule has 1 rings (SSSR count). The van der Waals surface area contributed by atoms with Crippen LogP contribution < -0.4 is 10.1 Å². The summed E-state index contributed by atoms with van der Waals surface area (Å²) in [5.41, 5.74) is 0.329. The molecule has 0 radical (unpaired) electrons. The molecule has 1 aromatic rings. The maximum absolute atomic E-state index is 8.75. The van der Waals surface area contributed by atoms with Crippen molar-refractivity contribution in [1.29, 1.82) is 5.26 Å². The largest absolute Gasteiger partial charge is 0.486 e. The van der Waals surface area contributed by atoms with Gasteiger partial charge in [0.05, 0.1) is 0 Å². The molecule has 0 aliphatic carbocycles. The predicted molar refractivity (Wildman–Crippen MR) is 53.0 cm³/mol. The van der Waals surface area contributed by atoms with Crippen LogP contribution in [0.25, 0.3) is 0 Å². The number of likely N-dealkylation sites (N-methyl/N-ethyl adjacent to an activating group) is 1. The lowest BCUT2D eigenvalue weighted by molar-refractivity contribution is 0.219. The molecule has 0 fully saturated rings. The minimum absolute atomic E-state index is 0.0244. The van der Waals surface area contributed by atoms with Crippen molar-refractivity contribution in [3.63, 3.8) is 0 Å². The highest BCUT2D eigenvalue weighted by atomic mass is 16.5. The lowest BCUT2D eigenvalue weighted by Gasteiger charge is -2.14. The molecule has 0 saturated carbocycles. The molecule has 0 spiro atoms. The Bertz CT molecular complexity index is 332. The topological polar surface area (TPSA) is 57.9 Å². The average molecular weight is 191 g/mol. The first-order chi connectivity index (χ1) is 6.77. The molecule has 0 saturated heterocycles. The predicted octanol–water partition coefficient (Wildman–Crippen LogP) is 0.940. The number of aromatic nitrogens is 1. The van der Waals surface area contributed by atoms with E-state index in [1.807, 2.05) is 20.0 Å². The van der Waals surface area contributed by atoms with Gasteiger partial charge in [0.25, 0.3) is 0 Å². The van der Waals surface area contributed by atoms with E-state index in [9.17, 15) is 0 Å². The minimum Gasteiger partial charge on any atom is -0.486 e. The van der Waals surface area contributed by atoms with E-state index in [1.54, 1.807) is 18.3 Å². The Kier molecular flexibility index (Phi) is 3.89. The molecule has 0 bridgehead atoms. The number of nitrogens with zero attached hydrogens (tertiary/aromatic N) is 2. The number of nitrogens with one attached hydrogen (secondary N) is 1. The van der Waals surface area contributed by atoms with Gasteiger partial charge in [0, 0.05) is 12.7 Å². The van der Waals surface area contributed by atoms with Gasteiger partial charge in [0.2, 0.25) is 0 Å². The molecule has 4 nitrogen and oxygen atoms in total. The van der Waals surface area contributed by atoms with Crippen molar-refractivity contribution in [3.05, 3.63) is 24.0 Å². The smallest absolute Gasteiger partial charge is 0.182 e. The van der Waals surface area contributed by atoms with Gasteiger partial charge in [-0.3, -0.25) is 0 Å². The first kappa shape index (κ1) is 10.5. The van der Waals surface area contributed by atoms with Crippen LogP contribution in [0.5, 0.6) is 5.75 Å². The molecular formula is C10H13N3O. The molecule has 1 atom stereocenters. The van der Waals surface area contributed by atoms with E-state index in [4.69, 9.17) is 10.00 Å². The second-order valence-electron chi connectivity index (χ2n) is 2.95. The third kappa shape index (κ3) is 2.71. The first-order valence-electron chi connectivity index (χ1n) is 4.44. The zero-order chi connectivity index (χ0) is 10.4. The molecule has 0 aromatic carbocycles. The zero-order valence-electron chi connectivity index (χ0n) is 8.32. The fourth-order valence-corrected chi connectivity index (χ4v) is 1.12. The van der Waals surface area contributed by atoms with Crippen molar-refractivity contribution in [2.45, 2.75) is 13.0 Å². The Morgan fingerprint density at radius 2 is 2.50 bits per heavy atom. The van der Waals surface area contributed by atoms with Crippen LogP contribution in [0.3, 0.4) is 0 Å². The van der Waals surface area contributed by atoms with Crippen molar-refractivity contribution in [3.8, 4) is 11.8 Å². The average Bonchev–Trinajstić information content (AvgIpc) is 2.19. The molecule has 1 heterocycles. The highest BCUT2D eigenvalue weighted by Crippen LogP contribution is 2.15. The van der Waals surface area contributed by atoms with E-state index >= 15 is 0 Å². The summed E-state index contributed by atoms with van der Waals surface area (Å²) in [5.74, 6) is 0.540. The van der Waals surface area contributed by atoms with Crippen LogP contribution in [0, 0.1) is 11.3 Å². The maximum Gasteiger partial charge on any atom is 0.182 e. The second kappa shape index (κ2) is 5.20. The quantitative estimate of drug-likeness (QED) is 0.769. The van der Waals surface area contributed by atoms with Gasteiger partial charge in [-0.2, -0.15) is 5.26 Å². The van der Waals surface area contributed by atoms with Crippen molar-refractivity contribution >= 4 is 0 Å². The van der Waals surface area contributed by atoms with Crippen LogP contribution in [-0.2, 0) is 0 Å². The van der Waals surface area contributed by atoms with E-state index in [1.165, 1.54) is 0 Å². The van der Waals surface area contributed by atoms with E-state index < -0.39 is 0 Å². The van der Waals surface area contributed by atoms with Gasteiger partial charge in [-0.15, -0.1) is 0 Å². The summed E-state index contributed by atoms with van der Waals surface area (Å²) in [6.07, 6.45) is 1.60. The minimum atomic E-state index is 0.0244. The number of pyridine rings is 1. The van der Waals surface area contributed by atoms with Gasteiger partial charge < -0.3 is 10.1 Å². The van der Waals surface area contributed by atoms with E-state index in [0.717, 1.165) is 6.54 Å². The Morgan fingerprint density at radius 1 is 1.71 bits per heavy atom. The van der Waals surface area contributed by atoms with E-state index in [2.05, 4.69) is 10.3 Å². The highest BCUT2D eigenvalue weighted by molar-refractivity contribution is 5.36. The van der Waals surface area contributed by atoms with Crippen molar-refractivity contribution in [1.82, 2.24) is 10.3 Å². The summed E-state index contributed by atoms with van der Waals surface area (Å²) in [4.78, 5) is 3.90. The zero-order valence-corrected chi connectivity index (χ0v) is 8.32. The summed E-state index contributed by atoms with van der Waals surface area (Å²) in [7, 11) is 1.86. The van der Waals surface area contributed by atoms with E-state index in [0.29, 0.717) is 11.4 Å². The third-order valence-corrected chi connectivity index (χ3v) is 1.70. The first-order valence-corrected chi connectivity index (χ1v) is 4.44. The van der Waals surface area contributed by atoms with Gasteiger partial charge in [-0.1, -0.05) is 0 Å². The molecule has 0 aliphatic heterocycles. The van der Waals surface area contributed by atoms with Crippen molar-refractivity contribution in [2.24, 2.45) is 0 Å². The molecule has 74 valence electrons. The van der Waals surface area contributed by atoms with E-state index in [-0.39, 0.29) is 6.10 Å². The molecular weight excluding hydrogens is 178 g/mol. The fourth-order valence-electron chi connectivity index (χ4n) is 1.12. The number of ether oxygens (including phenoxy) is 1. The fraction of sp³-hybridized carbons (Fsp3) is 0.400. The standard InChI is InChI=1S/C10H13N3O/c1-8(7-12-2)14-10-4-3-5-13-9(10)6-11/h3-5,8,12H,7H2,1-2H3. The summed E-state index contributed by atoms with van der Waals surface area (Å²) < 4.78 is 5.53. The van der Waals surface area contributed by atoms with Crippen molar-refractivity contribution in [2.75, 3.05) is 13.6 Å². The Morgan fingerprint density at radius 3 is 3.14 bits per heavy atom. The van der Waals surface area contributed by atoms with Crippen LogP contribution in [0.1, 0.15) is 12.6 Å². The van der Waals surface area contributed by atoms with Gasteiger partial charge in [0.15, 0.2) is 11.4 Å². The number of hydrogen-bond donors (Lipinski definition) is 1. The van der Waals surface area contributed by atoms with Gasteiger partial charge in [-0.25, -0.2) is 4.98 Å². The SMILES string of the molecule is CNCC(C)Oc1cccnc1C#N.